The molecule has 1 heterocycles. The van der Waals surface area contributed by atoms with Gasteiger partial charge in [-0.25, -0.2) is 9.53 Å². The Balaban J connectivity index is 1.52. The molecule has 0 atom stereocenters. The second kappa shape index (κ2) is 14.7. The first-order valence-electron chi connectivity index (χ1n) is 14.2. The van der Waals surface area contributed by atoms with Crippen LogP contribution in [0.1, 0.15) is 31.4 Å². The summed E-state index contributed by atoms with van der Waals surface area (Å²) in [5.74, 6) is 5.66. The lowest BCUT2D eigenvalue weighted by atomic mass is 9.90. The third kappa shape index (κ3) is 8.93. The molecular weight excluding hydrogens is 602 g/mol. The lowest BCUT2D eigenvalue weighted by molar-refractivity contribution is -0.140. The summed E-state index contributed by atoms with van der Waals surface area (Å²) >= 11 is 0. The topological polar surface area (TPSA) is 117 Å². The Bertz CT molecular complexity index is 1460. The van der Waals surface area contributed by atoms with Gasteiger partial charge in [0.2, 0.25) is 6.86 Å². The van der Waals surface area contributed by atoms with Gasteiger partial charge in [0.1, 0.15) is 12.3 Å². The maximum atomic E-state index is 13.6. The molecule has 6 N–H and O–H groups in total. The highest BCUT2D eigenvalue weighted by Gasteiger charge is 2.30. The van der Waals surface area contributed by atoms with E-state index in [1.165, 1.54) is 18.2 Å². The van der Waals surface area contributed by atoms with Crippen molar-refractivity contribution >= 4 is 33.1 Å². The van der Waals surface area contributed by atoms with E-state index in [0.29, 0.717) is 29.2 Å². The average molecular weight is 642 g/mol. The lowest BCUT2D eigenvalue weighted by Crippen LogP contribution is -2.39. The number of nitrogens with one attached hydrogen (secondary N) is 2. The van der Waals surface area contributed by atoms with Crippen molar-refractivity contribution in [3.05, 3.63) is 48.2 Å². The summed E-state index contributed by atoms with van der Waals surface area (Å²) in [6.07, 6.45) is -0.542. The summed E-state index contributed by atoms with van der Waals surface area (Å²) in [4.78, 5) is 2.28. The minimum atomic E-state index is -4.46. The molecule has 0 spiro atoms. The van der Waals surface area contributed by atoms with Crippen molar-refractivity contribution < 1.29 is 36.1 Å². The zero-order valence-electron chi connectivity index (χ0n) is 24.7. The third-order valence-electron chi connectivity index (χ3n) is 7.70. The van der Waals surface area contributed by atoms with E-state index in [-0.39, 0.29) is 28.9 Å². The first-order chi connectivity index (χ1) is 20.9. The molecule has 1 saturated carbocycles. The summed E-state index contributed by atoms with van der Waals surface area (Å²) in [7, 11) is 0.252. The summed E-state index contributed by atoms with van der Waals surface area (Å²) < 4.78 is 84.4. The van der Waals surface area contributed by atoms with E-state index in [2.05, 4.69) is 34.4 Å². The van der Waals surface area contributed by atoms with Crippen molar-refractivity contribution in [1.29, 1.82) is 0 Å². The number of aromatic nitrogens is 1. The third-order valence-corrected chi connectivity index (χ3v) is 8.65. The van der Waals surface area contributed by atoms with Crippen molar-refractivity contribution in [2.75, 3.05) is 51.3 Å². The zero-order chi connectivity index (χ0) is 31.9. The Morgan fingerprint density at radius 2 is 1.86 bits per heavy atom. The Morgan fingerprint density at radius 1 is 1.11 bits per heavy atom. The SMILES string of the molecule is COCCN(C)C1CCC(Nc2cccc3c2cc(C#CCNc2ccc(S(N)(O)O)cc2OCF)n3CC(F)(F)F)CC1. The van der Waals surface area contributed by atoms with Gasteiger partial charge in [0, 0.05) is 42.9 Å². The molecule has 2 aromatic carbocycles. The average Bonchev–Trinajstić information content (AvgIpc) is 3.31. The summed E-state index contributed by atoms with van der Waals surface area (Å²) in [6, 6.07) is 11.6. The number of rotatable bonds is 12. The van der Waals surface area contributed by atoms with E-state index in [4.69, 9.17) is 14.6 Å². The van der Waals surface area contributed by atoms with E-state index in [9.17, 15) is 26.7 Å². The Hall–Kier alpha value is -3.19. The van der Waals surface area contributed by atoms with E-state index >= 15 is 0 Å². The number of ether oxygens (including phenoxy) is 2. The van der Waals surface area contributed by atoms with E-state index < -0.39 is 30.4 Å². The number of likely N-dealkylation sites (N-methyl/N-ethyl adjacent to an activating group) is 1. The molecule has 0 unspecified atom stereocenters. The normalized spacial score (nSPS) is 17.8. The van der Waals surface area contributed by atoms with Crippen molar-refractivity contribution in [3.63, 3.8) is 0 Å². The molecule has 1 fully saturated rings. The van der Waals surface area contributed by atoms with Crippen molar-refractivity contribution in [3.8, 4) is 17.6 Å². The van der Waals surface area contributed by atoms with Gasteiger partial charge in [-0.3, -0.25) is 9.11 Å². The molecule has 0 amide bonds. The van der Waals surface area contributed by atoms with Crippen LogP contribution >= 0.6 is 10.8 Å². The number of nitrogens with two attached hydrogens (primary N) is 1. The Kier molecular flexibility index (Phi) is 11.3. The van der Waals surface area contributed by atoms with Crippen molar-refractivity contribution in [2.24, 2.45) is 5.14 Å². The first-order valence-corrected chi connectivity index (χ1v) is 15.8. The fourth-order valence-corrected chi connectivity index (χ4v) is 6.00. The monoisotopic (exact) mass is 641 g/mol. The van der Waals surface area contributed by atoms with Crippen LogP contribution in [-0.4, -0.2) is 77.5 Å². The van der Waals surface area contributed by atoms with Crippen LogP contribution < -0.4 is 20.5 Å². The van der Waals surface area contributed by atoms with Gasteiger partial charge in [0.05, 0.1) is 34.9 Å². The maximum absolute atomic E-state index is 13.6. The standard InChI is InChI=1S/C30H39F4N5O4S/c1-38(15-16-42-2)22-10-8-21(9-11-22)37-26-6-3-7-28-25(26)17-23(39(28)19-30(32,33)34)5-4-14-36-27-13-12-24(44(35,40)41)18-29(27)43-20-31/h3,6-7,12-13,17-18,21-22,36-37,40-41H,8-11,14-16,19-20,35H2,1-2H3. The molecule has 1 aliphatic carbocycles. The molecule has 9 nitrogen and oxygen atoms in total. The number of fused-ring (bicyclic) bond motifs is 1. The molecule has 14 heteroatoms. The highest BCUT2D eigenvalue weighted by molar-refractivity contribution is 8.22. The number of anilines is 2. The molecule has 1 aromatic heterocycles. The van der Waals surface area contributed by atoms with Crippen LogP contribution in [0.15, 0.2) is 47.4 Å². The number of methoxy groups -OCH3 is 1. The molecule has 0 aliphatic heterocycles. The lowest BCUT2D eigenvalue weighted by Gasteiger charge is -2.35. The molecule has 44 heavy (non-hydrogen) atoms. The Labute approximate surface area is 256 Å². The zero-order valence-corrected chi connectivity index (χ0v) is 25.5. The van der Waals surface area contributed by atoms with Gasteiger partial charge in [-0.1, -0.05) is 12.0 Å². The summed E-state index contributed by atoms with van der Waals surface area (Å²) in [6.45, 7) is -0.833. The van der Waals surface area contributed by atoms with Gasteiger partial charge >= 0.3 is 6.18 Å². The molecule has 4 rings (SSSR count). The minimum absolute atomic E-state index is 0.0123. The van der Waals surface area contributed by atoms with Crippen LogP contribution in [0.25, 0.3) is 10.9 Å². The molecule has 0 radical (unpaired) electrons. The molecular formula is C30H39F4N5O4S. The highest BCUT2D eigenvalue weighted by Crippen LogP contribution is 2.43. The van der Waals surface area contributed by atoms with Gasteiger partial charge in [-0.05, 0) is 69.0 Å². The van der Waals surface area contributed by atoms with Crippen LogP contribution in [0.2, 0.25) is 0 Å². The van der Waals surface area contributed by atoms with Crippen LogP contribution in [0.4, 0.5) is 28.9 Å². The van der Waals surface area contributed by atoms with Gasteiger partial charge < -0.3 is 29.6 Å². The number of nitrogens with zero attached hydrogens (tertiary/aromatic N) is 2. The van der Waals surface area contributed by atoms with E-state index in [1.807, 2.05) is 6.07 Å². The molecule has 1 aliphatic rings. The molecule has 3 aromatic rings. The van der Waals surface area contributed by atoms with Crippen LogP contribution in [0, 0.1) is 11.8 Å². The quantitative estimate of drug-likeness (QED) is 0.116. The number of hydrogen-bond acceptors (Lipinski definition) is 8. The fourth-order valence-electron chi connectivity index (χ4n) is 5.45. The van der Waals surface area contributed by atoms with Crippen LogP contribution in [0.5, 0.6) is 5.75 Å². The smallest absolute Gasteiger partial charge is 0.406 e. The van der Waals surface area contributed by atoms with Gasteiger partial charge in [0.25, 0.3) is 0 Å². The fraction of sp³-hybridized carbons (Fsp3) is 0.467. The van der Waals surface area contributed by atoms with Crippen LogP contribution in [0.3, 0.4) is 0 Å². The van der Waals surface area contributed by atoms with Gasteiger partial charge in [0.15, 0.2) is 0 Å². The summed E-state index contributed by atoms with van der Waals surface area (Å²) in [5, 5.41) is 12.5. The highest BCUT2D eigenvalue weighted by atomic mass is 32.3. The van der Waals surface area contributed by atoms with Crippen molar-refractivity contribution in [2.45, 2.75) is 55.4 Å². The van der Waals surface area contributed by atoms with Gasteiger partial charge in [-0.15, -0.1) is 10.8 Å². The second-order valence-electron chi connectivity index (χ2n) is 10.8. The maximum Gasteiger partial charge on any atom is 0.406 e. The number of hydrogen-bond donors (Lipinski definition) is 5. The second-order valence-corrected chi connectivity index (χ2v) is 12.4. The van der Waals surface area contributed by atoms with Crippen LogP contribution in [-0.2, 0) is 11.3 Å². The largest absolute Gasteiger partial charge is 0.461 e. The van der Waals surface area contributed by atoms with Gasteiger partial charge in [-0.2, -0.15) is 13.2 Å². The summed E-state index contributed by atoms with van der Waals surface area (Å²) in [5.41, 5.74) is 1.68. The number of alkyl halides is 4. The minimum Gasteiger partial charge on any atom is -0.461 e. The van der Waals surface area contributed by atoms with Crippen molar-refractivity contribution in [1.82, 2.24) is 9.47 Å². The number of benzene rings is 2. The molecule has 242 valence electrons. The molecule has 0 saturated heterocycles. The van der Waals surface area contributed by atoms with E-state index in [0.717, 1.165) is 42.5 Å². The Morgan fingerprint density at radius 3 is 2.52 bits per heavy atom. The molecule has 0 bridgehead atoms. The first kappa shape index (κ1) is 33.7. The predicted octanol–water partition coefficient (Wildman–Crippen LogP) is 6.26. The predicted molar refractivity (Wildman–Crippen MR) is 166 cm³/mol. The van der Waals surface area contributed by atoms with E-state index in [1.54, 1.807) is 25.3 Å². The number of halogens is 4.